The molecule has 0 unspecified atom stereocenters. The lowest BCUT2D eigenvalue weighted by Gasteiger charge is -1.81. The van der Waals surface area contributed by atoms with Gasteiger partial charge in [0.15, 0.2) is 17.6 Å². The molecule has 2 heterocycles. The van der Waals surface area contributed by atoms with Gasteiger partial charge in [-0.2, -0.15) is 0 Å². The fourth-order valence-electron chi connectivity index (χ4n) is 0.886. The Morgan fingerprint density at radius 2 is 2.45 bits per heavy atom. The number of hydrogen-bond acceptors (Lipinski definition) is 4. The van der Waals surface area contributed by atoms with Crippen LogP contribution in [0.1, 0.15) is 10.5 Å². The van der Waals surface area contributed by atoms with Crippen LogP contribution in [-0.2, 0) is 0 Å². The van der Waals surface area contributed by atoms with E-state index in [1.807, 2.05) is 0 Å². The fourth-order valence-corrected chi connectivity index (χ4v) is 0.886. The molecular weight excluding hydrogens is 144 g/mol. The number of carbonyl (C=O) groups is 1. The van der Waals surface area contributed by atoms with Crippen LogP contribution in [0.3, 0.4) is 0 Å². The van der Waals surface area contributed by atoms with Gasteiger partial charge in [0.25, 0.3) is 0 Å². The van der Waals surface area contributed by atoms with Gasteiger partial charge in [-0.15, -0.1) is 0 Å². The van der Waals surface area contributed by atoms with E-state index in [4.69, 9.17) is 4.52 Å². The van der Waals surface area contributed by atoms with Gasteiger partial charge in [-0.25, -0.2) is 0 Å². The minimum atomic E-state index is 0.299. The third kappa shape index (κ3) is 0.797. The Kier molecular flexibility index (Phi) is 1.18. The van der Waals surface area contributed by atoms with Crippen LogP contribution in [0.4, 0.5) is 0 Å². The molecule has 0 radical (unpaired) electrons. The SMILES string of the molecule is O=Cc1noc2ccncc12. The molecule has 0 aromatic carbocycles. The van der Waals surface area contributed by atoms with Gasteiger partial charge in [-0.3, -0.25) is 9.78 Å². The smallest absolute Gasteiger partial charge is 0.172 e. The highest BCUT2D eigenvalue weighted by Gasteiger charge is 2.04. The number of aldehydes is 1. The standard InChI is InChI=1S/C7H4N2O2/c10-4-6-5-3-8-2-1-7(5)11-9-6/h1-4H. The average Bonchev–Trinajstić information content (AvgIpc) is 2.47. The first-order valence-electron chi connectivity index (χ1n) is 3.06. The van der Waals surface area contributed by atoms with Gasteiger partial charge in [0.05, 0.1) is 5.39 Å². The number of aromatic nitrogens is 2. The second-order valence-corrected chi connectivity index (χ2v) is 2.06. The average molecular weight is 148 g/mol. The van der Waals surface area contributed by atoms with Crippen molar-refractivity contribution in [3.05, 3.63) is 24.2 Å². The Hall–Kier alpha value is -1.71. The molecular formula is C7H4N2O2. The summed E-state index contributed by atoms with van der Waals surface area (Å²) < 4.78 is 4.82. The van der Waals surface area contributed by atoms with Crippen molar-refractivity contribution in [2.45, 2.75) is 0 Å². The van der Waals surface area contributed by atoms with Crippen molar-refractivity contribution < 1.29 is 9.32 Å². The van der Waals surface area contributed by atoms with E-state index in [9.17, 15) is 4.79 Å². The monoisotopic (exact) mass is 148 g/mol. The first-order chi connectivity index (χ1) is 5.42. The summed E-state index contributed by atoms with van der Waals surface area (Å²) in [5, 5.41) is 4.19. The molecule has 0 saturated heterocycles. The van der Waals surface area contributed by atoms with Gasteiger partial charge < -0.3 is 4.52 Å². The maximum Gasteiger partial charge on any atom is 0.172 e. The number of rotatable bonds is 1. The Balaban J connectivity index is 2.86. The maximum atomic E-state index is 10.3. The molecule has 54 valence electrons. The Morgan fingerprint density at radius 1 is 1.55 bits per heavy atom. The van der Waals surface area contributed by atoms with E-state index < -0.39 is 0 Å². The summed E-state index contributed by atoms with van der Waals surface area (Å²) in [4.78, 5) is 14.2. The number of pyridine rings is 1. The minimum Gasteiger partial charge on any atom is -0.355 e. The second kappa shape index (κ2) is 2.16. The predicted octanol–water partition coefficient (Wildman–Crippen LogP) is 1.04. The van der Waals surface area contributed by atoms with Crippen LogP contribution in [0.15, 0.2) is 23.0 Å². The van der Waals surface area contributed by atoms with Gasteiger partial charge >= 0.3 is 0 Å². The lowest BCUT2D eigenvalue weighted by molar-refractivity contribution is 0.111. The van der Waals surface area contributed by atoms with Gasteiger partial charge in [0.2, 0.25) is 0 Å². The van der Waals surface area contributed by atoms with Crippen molar-refractivity contribution >= 4 is 17.3 Å². The number of hydrogen-bond donors (Lipinski definition) is 0. The normalized spacial score (nSPS) is 10.2. The van der Waals surface area contributed by atoms with Gasteiger partial charge in [-0.05, 0) is 0 Å². The van der Waals surface area contributed by atoms with Crippen molar-refractivity contribution in [1.82, 2.24) is 10.1 Å². The molecule has 4 nitrogen and oxygen atoms in total. The van der Waals surface area contributed by atoms with Crippen LogP contribution in [0.5, 0.6) is 0 Å². The van der Waals surface area contributed by atoms with Crippen molar-refractivity contribution in [1.29, 1.82) is 0 Å². The van der Waals surface area contributed by atoms with Crippen LogP contribution in [0.2, 0.25) is 0 Å². The predicted molar refractivity (Wildman–Crippen MR) is 37.2 cm³/mol. The molecule has 0 N–H and O–H groups in total. The van der Waals surface area contributed by atoms with Crippen molar-refractivity contribution in [3.63, 3.8) is 0 Å². The lowest BCUT2D eigenvalue weighted by atomic mass is 10.3. The van der Waals surface area contributed by atoms with Crippen LogP contribution in [0, 0.1) is 0 Å². The molecule has 0 bridgehead atoms. The molecule has 11 heavy (non-hydrogen) atoms. The fraction of sp³-hybridized carbons (Fsp3) is 0. The summed E-state index contributed by atoms with van der Waals surface area (Å²) in [7, 11) is 0. The van der Waals surface area contributed by atoms with E-state index in [2.05, 4.69) is 10.1 Å². The van der Waals surface area contributed by atoms with Crippen molar-refractivity contribution in [2.24, 2.45) is 0 Å². The van der Waals surface area contributed by atoms with Crippen LogP contribution >= 0.6 is 0 Å². The maximum absolute atomic E-state index is 10.3. The van der Waals surface area contributed by atoms with Gasteiger partial charge in [0.1, 0.15) is 0 Å². The summed E-state index contributed by atoms with van der Waals surface area (Å²) in [6, 6.07) is 1.66. The molecule has 0 aliphatic heterocycles. The van der Waals surface area contributed by atoms with E-state index in [-0.39, 0.29) is 0 Å². The Morgan fingerprint density at radius 3 is 3.27 bits per heavy atom. The Bertz CT molecular complexity index is 394. The summed E-state index contributed by atoms with van der Waals surface area (Å²) in [5.41, 5.74) is 0.884. The van der Waals surface area contributed by atoms with Gasteiger partial charge in [0, 0.05) is 18.5 Å². The Labute approximate surface area is 61.8 Å². The second-order valence-electron chi connectivity index (χ2n) is 2.06. The summed E-state index contributed by atoms with van der Waals surface area (Å²) >= 11 is 0. The zero-order valence-electron chi connectivity index (χ0n) is 5.52. The van der Waals surface area contributed by atoms with Gasteiger partial charge in [-0.1, -0.05) is 5.16 Å². The highest BCUT2D eigenvalue weighted by Crippen LogP contribution is 2.13. The van der Waals surface area contributed by atoms with E-state index in [1.165, 1.54) is 0 Å². The third-order valence-electron chi connectivity index (χ3n) is 1.41. The van der Waals surface area contributed by atoms with E-state index in [1.54, 1.807) is 18.5 Å². The molecule has 0 amide bonds. The molecule has 4 heteroatoms. The molecule has 0 spiro atoms. The molecule has 2 aromatic heterocycles. The highest BCUT2D eigenvalue weighted by atomic mass is 16.5. The first-order valence-corrected chi connectivity index (χ1v) is 3.06. The van der Waals surface area contributed by atoms with Crippen molar-refractivity contribution in [2.75, 3.05) is 0 Å². The van der Waals surface area contributed by atoms with Crippen LogP contribution in [-0.4, -0.2) is 16.4 Å². The summed E-state index contributed by atoms with van der Waals surface area (Å²) in [5.74, 6) is 0. The number of carbonyl (C=O) groups excluding carboxylic acids is 1. The molecule has 2 aromatic rings. The minimum absolute atomic E-state index is 0.299. The van der Waals surface area contributed by atoms with Crippen LogP contribution < -0.4 is 0 Å². The topological polar surface area (TPSA) is 56.0 Å². The zero-order valence-corrected chi connectivity index (χ0v) is 5.52. The summed E-state index contributed by atoms with van der Waals surface area (Å²) in [6.07, 6.45) is 3.78. The molecule has 0 saturated carbocycles. The molecule has 0 aliphatic rings. The third-order valence-corrected chi connectivity index (χ3v) is 1.41. The number of fused-ring (bicyclic) bond motifs is 1. The zero-order chi connectivity index (χ0) is 7.68. The largest absolute Gasteiger partial charge is 0.355 e. The van der Waals surface area contributed by atoms with E-state index in [0.717, 1.165) is 0 Å². The highest BCUT2D eigenvalue weighted by molar-refractivity contribution is 5.92. The van der Waals surface area contributed by atoms with Crippen LogP contribution in [0.25, 0.3) is 11.0 Å². The van der Waals surface area contributed by atoms with E-state index >= 15 is 0 Å². The van der Waals surface area contributed by atoms with E-state index in [0.29, 0.717) is 22.9 Å². The number of nitrogens with zero attached hydrogens (tertiary/aromatic N) is 2. The molecule has 2 rings (SSSR count). The summed E-state index contributed by atoms with van der Waals surface area (Å²) in [6.45, 7) is 0. The van der Waals surface area contributed by atoms with Crippen molar-refractivity contribution in [3.8, 4) is 0 Å². The quantitative estimate of drug-likeness (QED) is 0.567. The lowest BCUT2D eigenvalue weighted by Crippen LogP contribution is -1.78. The molecule has 0 atom stereocenters. The molecule has 0 fully saturated rings. The molecule has 0 aliphatic carbocycles. The first kappa shape index (κ1) is 6.03.